The first kappa shape index (κ1) is 21.0. The van der Waals surface area contributed by atoms with E-state index in [4.69, 9.17) is 9.88 Å². The number of nitrogens with zero attached hydrogens (tertiary/aromatic N) is 1. The highest BCUT2D eigenvalue weighted by Crippen LogP contribution is 2.29. The van der Waals surface area contributed by atoms with Gasteiger partial charge in [-0.15, -0.1) is 0 Å². The number of imide groups is 1. The van der Waals surface area contributed by atoms with E-state index in [1.54, 1.807) is 24.3 Å². The predicted molar refractivity (Wildman–Crippen MR) is 105 cm³/mol. The van der Waals surface area contributed by atoms with Crippen molar-refractivity contribution < 1.29 is 22.7 Å². The minimum atomic E-state index is -3.52. The van der Waals surface area contributed by atoms with Crippen molar-refractivity contribution in [2.24, 2.45) is 11.1 Å². The Labute approximate surface area is 166 Å². The lowest BCUT2D eigenvalue weighted by molar-refractivity contribution is -0.0529. The zero-order chi connectivity index (χ0) is 20.1. The third-order valence-corrected chi connectivity index (χ3v) is 6.35. The molecule has 1 aliphatic heterocycles. The summed E-state index contributed by atoms with van der Waals surface area (Å²) < 4.78 is 28.4. The van der Waals surface area contributed by atoms with Crippen LogP contribution in [0.15, 0.2) is 24.3 Å². The molecular weight excluding hydrogens is 380 g/mol. The number of carbonyl (C=O) groups is 2. The Morgan fingerprint density at radius 2 is 1.64 bits per heavy atom. The molecule has 0 spiro atoms. The maximum absolute atomic E-state index is 12.8. The second-order valence-electron chi connectivity index (χ2n) is 7.68. The maximum atomic E-state index is 12.8. The van der Waals surface area contributed by atoms with Crippen LogP contribution in [0, 0.1) is 5.92 Å². The number of ether oxygens (including phenoxy) is 1. The Morgan fingerprint density at radius 1 is 1.04 bits per heavy atom. The highest BCUT2D eigenvalue weighted by Gasteiger charge is 2.40. The summed E-state index contributed by atoms with van der Waals surface area (Å²) in [6.45, 7) is 0.507. The number of nitrogens with two attached hydrogens (primary N) is 1. The average Bonchev–Trinajstić information content (AvgIpc) is 2.93. The summed E-state index contributed by atoms with van der Waals surface area (Å²) in [6.07, 6.45) is 6.37. The SMILES string of the molecule is NS(=O)(=O)CCCCC(OCC1CCCCC1)N1C(=O)c2ccccc2C1=O. The lowest BCUT2D eigenvalue weighted by atomic mass is 9.90. The smallest absolute Gasteiger partial charge is 0.263 e. The number of fused-ring (bicyclic) bond motifs is 1. The van der Waals surface area contributed by atoms with E-state index in [0.717, 1.165) is 12.8 Å². The third kappa shape index (κ3) is 5.18. The summed E-state index contributed by atoms with van der Waals surface area (Å²) in [7, 11) is -3.52. The van der Waals surface area contributed by atoms with Gasteiger partial charge in [0.15, 0.2) is 0 Å². The molecule has 2 amide bonds. The van der Waals surface area contributed by atoms with Gasteiger partial charge >= 0.3 is 0 Å². The van der Waals surface area contributed by atoms with Gasteiger partial charge in [0.2, 0.25) is 10.0 Å². The molecule has 1 unspecified atom stereocenters. The Kier molecular flexibility index (Phi) is 6.85. The van der Waals surface area contributed by atoms with Gasteiger partial charge in [0.25, 0.3) is 11.8 Å². The number of hydrogen-bond acceptors (Lipinski definition) is 5. The number of sulfonamides is 1. The molecule has 1 fully saturated rings. The molecule has 2 N–H and O–H groups in total. The van der Waals surface area contributed by atoms with Crippen LogP contribution in [0.25, 0.3) is 0 Å². The summed E-state index contributed by atoms with van der Waals surface area (Å²) in [5.41, 5.74) is 0.784. The van der Waals surface area contributed by atoms with Crippen LogP contribution in [0.1, 0.15) is 72.1 Å². The number of amides is 2. The zero-order valence-electron chi connectivity index (χ0n) is 16.0. The average molecular weight is 409 g/mol. The minimum absolute atomic E-state index is 0.121. The second kappa shape index (κ2) is 9.15. The Balaban J connectivity index is 1.68. The van der Waals surface area contributed by atoms with E-state index in [2.05, 4.69) is 0 Å². The second-order valence-corrected chi connectivity index (χ2v) is 9.41. The van der Waals surface area contributed by atoms with Crippen LogP contribution in [0.2, 0.25) is 0 Å². The van der Waals surface area contributed by atoms with Crippen LogP contribution in [-0.2, 0) is 14.8 Å². The maximum Gasteiger partial charge on any atom is 0.263 e. The largest absolute Gasteiger partial charge is 0.357 e. The Hall–Kier alpha value is -1.77. The van der Waals surface area contributed by atoms with Gasteiger partial charge in [-0.25, -0.2) is 18.5 Å². The van der Waals surface area contributed by atoms with Gasteiger partial charge in [-0.05, 0) is 50.2 Å². The third-order valence-electron chi connectivity index (χ3n) is 5.49. The quantitative estimate of drug-likeness (QED) is 0.499. The monoisotopic (exact) mass is 408 g/mol. The van der Waals surface area contributed by atoms with Crippen LogP contribution >= 0.6 is 0 Å². The molecule has 1 atom stereocenters. The molecule has 1 saturated carbocycles. The fourth-order valence-corrected chi connectivity index (χ4v) is 4.59. The topological polar surface area (TPSA) is 107 Å². The first-order chi connectivity index (χ1) is 13.4. The molecule has 1 aromatic rings. The Bertz CT molecular complexity index is 783. The lowest BCUT2D eigenvalue weighted by Crippen LogP contribution is -2.42. The standard InChI is InChI=1S/C20H28N2O5S/c21-28(25,26)13-7-6-12-18(27-14-15-8-2-1-3-9-15)22-19(23)16-10-4-5-11-17(16)20(22)24/h4-5,10-11,15,18H,1-3,6-9,12-14H2,(H2,21,25,26). The number of benzene rings is 1. The molecule has 1 aromatic carbocycles. The van der Waals surface area contributed by atoms with E-state index < -0.39 is 16.3 Å². The number of hydrogen-bond donors (Lipinski definition) is 1. The molecule has 8 heteroatoms. The molecule has 7 nitrogen and oxygen atoms in total. The van der Waals surface area contributed by atoms with Crippen LogP contribution in [0.5, 0.6) is 0 Å². The molecule has 0 radical (unpaired) electrons. The minimum Gasteiger partial charge on any atom is -0.357 e. The van der Waals surface area contributed by atoms with Crippen molar-refractivity contribution in [2.45, 2.75) is 57.6 Å². The molecule has 154 valence electrons. The fourth-order valence-electron chi connectivity index (χ4n) is 3.98. The molecule has 1 aliphatic carbocycles. The molecule has 0 bridgehead atoms. The van der Waals surface area contributed by atoms with Gasteiger partial charge in [0.05, 0.1) is 23.5 Å². The van der Waals surface area contributed by atoms with Crippen LogP contribution in [0.3, 0.4) is 0 Å². The first-order valence-corrected chi connectivity index (χ1v) is 11.7. The summed E-state index contributed by atoms with van der Waals surface area (Å²) >= 11 is 0. The summed E-state index contributed by atoms with van der Waals surface area (Å²) in [5, 5.41) is 5.05. The van der Waals surface area contributed by atoms with Gasteiger partial charge in [0, 0.05) is 0 Å². The van der Waals surface area contributed by atoms with Gasteiger partial charge in [-0.3, -0.25) is 9.59 Å². The molecule has 0 aromatic heterocycles. The number of rotatable bonds is 9. The molecule has 0 saturated heterocycles. The van der Waals surface area contributed by atoms with Crippen LogP contribution in [0.4, 0.5) is 0 Å². The summed E-state index contributed by atoms with van der Waals surface area (Å²) in [5.74, 6) is -0.373. The highest BCUT2D eigenvalue weighted by atomic mass is 32.2. The van der Waals surface area contributed by atoms with Crippen molar-refractivity contribution in [1.29, 1.82) is 0 Å². The predicted octanol–water partition coefficient (Wildman–Crippen LogP) is 2.66. The van der Waals surface area contributed by atoms with Crippen molar-refractivity contribution >= 4 is 21.8 Å². The van der Waals surface area contributed by atoms with E-state index in [-0.39, 0.29) is 17.6 Å². The number of carbonyl (C=O) groups excluding carboxylic acids is 2. The molecule has 2 aliphatic rings. The van der Waals surface area contributed by atoms with Gasteiger partial charge < -0.3 is 4.74 Å². The van der Waals surface area contributed by atoms with E-state index in [1.165, 1.54) is 24.2 Å². The van der Waals surface area contributed by atoms with Crippen molar-refractivity contribution in [3.8, 4) is 0 Å². The van der Waals surface area contributed by atoms with E-state index in [9.17, 15) is 18.0 Å². The van der Waals surface area contributed by atoms with E-state index in [0.29, 0.717) is 42.9 Å². The summed E-state index contributed by atoms with van der Waals surface area (Å²) in [6, 6.07) is 6.76. The lowest BCUT2D eigenvalue weighted by Gasteiger charge is -2.29. The first-order valence-electron chi connectivity index (χ1n) is 9.96. The van der Waals surface area contributed by atoms with Crippen molar-refractivity contribution in [2.75, 3.05) is 12.4 Å². The molecule has 1 heterocycles. The van der Waals surface area contributed by atoms with Crippen LogP contribution in [-0.4, -0.2) is 43.7 Å². The van der Waals surface area contributed by atoms with Gasteiger partial charge in [-0.1, -0.05) is 31.4 Å². The summed E-state index contributed by atoms with van der Waals surface area (Å²) in [4.78, 5) is 26.8. The van der Waals surface area contributed by atoms with Crippen LogP contribution < -0.4 is 5.14 Å². The number of primary sulfonamides is 1. The number of unbranched alkanes of at least 4 members (excludes halogenated alkanes) is 1. The fraction of sp³-hybridized carbons (Fsp3) is 0.600. The highest BCUT2D eigenvalue weighted by molar-refractivity contribution is 7.89. The van der Waals surface area contributed by atoms with Gasteiger partial charge in [0.1, 0.15) is 6.23 Å². The Morgan fingerprint density at radius 3 is 2.21 bits per heavy atom. The van der Waals surface area contributed by atoms with E-state index in [1.807, 2.05) is 0 Å². The molecule has 28 heavy (non-hydrogen) atoms. The molecular formula is C20H28N2O5S. The molecule has 3 rings (SSSR count). The van der Waals surface area contributed by atoms with E-state index >= 15 is 0 Å². The zero-order valence-corrected chi connectivity index (χ0v) is 16.8. The van der Waals surface area contributed by atoms with Gasteiger partial charge in [-0.2, -0.15) is 0 Å². The normalized spacial score (nSPS) is 19.1. The van der Waals surface area contributed by atoms with Crippen molar-refractivity contribution in [1.82, 2.24) is 4.90 Å². The van der Waals surface area contributed by atoms with Crippen molar-refractivity contribution in [3.05, 3.63) is 35.4 Å². The van der Waals surface area contributed by atoms with Crippen molar-refractivity contribution in [3.63, 3.8) is 0 Å².